The fourth-order valence-corrected chi connectivity index (χ4v) is 2.97. The number of rotatable bonds is 4. The number of hydrogen-bond acceptors (Lipinski definition) is 3. The Morgan fingerprint density at radius 1 is 0.960 bits per heavy atom. The van der Waals surface area contributed by atoms with Gasteiger partial charge in [-0.2, -0.15) is 0 Å². The molecule has 0 atom stereocenters. The summed E-state index contributed by atoms with van der Waals surface area (Å²) >= 11 is 0. The fraction of sp³-hybridized carbons (Fsp3) is 0.300. The highest BCUT2D eigenvalue weighted by atomic mass is 16.5. The van der Waals surface area contributed by atoms with Crippen LogP contribution >= 0.6 is 0 Å². The first kappa shape index (κ1) is 17.2. The van der Waals surface area contributed by atoms with E-state index in [2.05, 4.69) is 5.32 Å². The molecule has 25 heavy (non-hydrogen) atoms. The van der Waals surface area contributed by atoms with Crippen molar-refractivity contribution in [1.82, 2.24) is 4.90 Å². The molecule has 1 heterocycles. The van der Waals surface area contributed by atoms with Crippen LogP contribution in [0.3, 0.4) is 0 Å². The number of carbonyl (C=O) groups is 2. The fourth-order valence-electron chi connectivity index (χ4n) is 2.97. The van der Waals surface area contributed by atoms with E-state index >= 15 is 0 Å². The van der Waals surface area contributed by atoms with Gasteiger partial charge in [0.1, 0.15) is 0 Å². The predicted octanol–water partition coefficient (Wildman–Crippen LogP) is 3.19. The third kappa shape index (κ3) is 4.25. The van der Waals surface area contributed by atoms with Gasteiger partial charge < -0.3 is 15.0 Å². The number of nitrogens with one attached hydrogen (secondary N) is 1. The Labute approximate surface area is 147 Å². The highest BCUT2D eigenvalue weighted by molar-refractivity contribution is 6.04. The molecule has 1 aliphatic heterocycles. The number of hydrogen-bond donors (Lipinski definition) is 1. The molecule has 1 aliphatic rings. The Kier molecular flexibility index (Phi) is 5.46. The number of likely N-dealkylation sites (tertiary alicyclic amines) is 1. The van der Waals surface area contributed by atoms with E-state index in [9.17, 15) is 9.59 Å². The Balaban J connectivity index is 1.60. The third-order valence-corrected chi connectivity index (χ3v) is 4.49. The molecule has 5 nitrogen and oxygen atoms in total. The summed E-state index contributed by atoms with van der Waals surface area (Å²) in [6, 6.07) is 16.1. The van der Waals surface area contributed by atoms with Crippen molar-refractivity contribution in [3.05, 3.63) is 65.7 Å². The number of benzene rings is 2. The maximum absolute atomic E-state index is 12.5. The number of methoxy groups -OCH3 is 1. The first-order valence-electron chi connectivity index (χ1n) is 8.46. The van der Waals surface area contributed by atoms with E-state index in [0.717, 1.165) is 12.8 Å². The van der Waals surface area contributed by atoms with E-state index in [0.29, 0.717) is 29.9 Å². The molecule has 0 unspecified atom stereocenters. The van der Waals surface area contributed by atoms with Crippen LogP contribution in [0.4, 0.5) is 5.69 Å². The molecular formula is C20H22N2O3. The molecule has 2 aromatic rings. The molecule has 0 bridgehead atoms. The molecule has 0 saturated carbocycles. The lowest BCUT2D eigenvalue weighted by molar-refractivity contribution is 0.0351. The van der Waals surface area contributed by atoms with E-state index < -0.39 is 0 Å². The maximum atomic E-state index is 12.5. The molecule has 1 saturated heterocycles. The van der Waals surface area contributed by atoms with Gasteiger partial charge in [-0.25, -0.2) is 0 Å². The zero-order valence-corrected chi connectivity index (χ0v) is 14.3. The standard InChI is InChI=1S/C20H22N2O3/c1-25-18-11-13-22(14-12-18)20(24)16-7-9-17(10-8-16)21-19(23)15-5-3-2-4-6-15/h2-10,18H,11-14H2,1H3,(H,21,23). The van der Waals surface area contributed by atoms with E-state index in [1.54, 1.807) is 43.5 Å². The second-order valence-corrected chi connectivity index (χ2v) is 6.12. The molecule has 1 fully saturated rings. The van der Waals surface area contributed by atoms with Crippen molar-refractivity contribution < 1.29 is 14.3 Å². The van der Waals surface area contributed by atoms with E-state index in [1.165, 1.54) is 0 Å². The Bertz CT molecular complexity index is 720. The van der Waals surface area contributed by atoms with Crippen LogP contribution < -0.4 is 5.32 Å². The van der Waals surface area contributed by atoms with Crippen LogP contribution in [0, 0.1) is 0 Å². The van der Waals surface area contributed by atoms with Crippen LogP contribution in [0.15, 0.2) is 54.6 Å². The largest absolute Gasteiger partial charge is 0.381 e. The molecule has 0 spiro atoms. The van der Waals surface area contributed by atoms with Crippen LogP contribution in [0.5, 0.6) is 0 Å². The van der Waals surface area contributed by atoms with Gasteiger partial charge in [-0.05, 0) is 49.2 Å². The number of carbonyl (C=O) groups excluding carboxylic acids is 2. The summed E-state index contributed by atoms with van der Waals surface area (Å²) in [6.07, 6.45) is 1.99. The van der Waals surface area contributed by atoms with Crippen LogP contribution in [0.2, 0.25) is 0 Å². The minimum Gasteiger partial charge on any atom is -0.381 e. The minimum absolute atomic E-state index is 0.0236. The molecule has 1 N–H and O–H groups in total. The van der Waals surface area contributed by atoms with E-state index in [4.69, 9.17) is 4.74 Å². The van der Waals surface area contributed by atoms with E-state index in [1.807, 2.05) is 23.1 Å². The molecule has 0 radical (unpaired) electrons. The molecule has 5 heteroatoms. The van der Waals surface area contributed by atoms with Crippen LogP contribution in [0.1, 0.15) is 33.6 Å². The average Bonchev–Trinajstić information content (AvgIpc) is 2.69. The van der Waals surface area contributed by atoms with E-state index in [-0.39, 0.29) is 17.9 Å². The first-order valence-corrected chi connectivity index (χ1v) is 8.46. The van der Waals surface area contributed by atoms with Gasteiger partial charge >= 0.3 is 0 Å². The number of piperidine rings is 1. The number of ether oxygens (including phenoxy) is 1. The maximum Gasteiger partial charge on any atom is 0.255 e. The molecule has 3 rings (SSSR count). The SMILES string of the molecule is COC1CCN(C(=O)c2ccc(NC(=O)c3ccccc3)cc2)CC1. The molecule has 130 valence electrons. The Morgan fingerprint density at radius 3 is 2.20 bits per heavy atom. The van der Waals surface area contributed by atoms with Gasteiger partial charge in [-0.15, -0.1) is 0 Å². The third-order valence-electron chi connectivity index (χ3n) is 4.49. The van der Waals surface area contributed by atoms with Crippen LogP contribution in [-0.2, 0) is 4.74 Å². The topological polar surface area (TPSA) is 58.6 Å². The molecule has 0 aromatic heterocycles. The number of nitrogens with zero attached hydrogens (tertiary/aromatic N) is 1. The van der Waals surface area contributed by atoms with Gasteiger partial charge in [-0.1, -0.05) is 18.2 Å². The van der Waals surface area contributed by atoms with Crippen molar-refractivity contribution >= 4 is 17.5 Å². The van der Waals surface area contributed by atoms with Gasteiger partial charge in [0.05, 0.1) is 6.10 Å². The molecular weight excluding hydrogens is 316 g/mol. The van der Waals surface area contributed by atoms with Crippen molar-refractivity contribution in [2.75, 3.05) is 25.5 Å². The van der Waals surface area contributed by atoms with Gasteiger partial charge in [0.25, 0.3) is 11.8 Å². The lowest BCUT2D eigenvalue weighted by Crippen LogP contribution is -2.40. The highest BCUT2D eigenvalue weighted by Crippen LogP contribution is 2.17. The van der Waals surface area contributed by atoms with Crippen molar-refractivity contribution in [3.63, 3.8) is 0 Å². The normalized spacial score (nSPS) is 15.0. The van der Waals surface area contributed by atoms with Crippen molar-refractivity contribution in [1.29, 1.82) is 0 Å². The monoisotopic (exact) mass is 338 g/mol. The Hall–Kier alpha value is -2.66. The van der Waals surface area contributed by atoms with Crippen LogP contribution in [0.25, 0.3) is 0 Å². The quantitative estimate of drug-likeness (QED) is 0.931. The summed E-state index contributed by atoms with van der Waals surface area (Å²) in [4.78, 5) is 26.5. The highest BCUT2D eigenvalue weighted by Gasteiger charge is 2.23. The smallest absolute Gasteiger partial charge is 0.255 e. The first-order chi connectivity index (χ1) is 12.2. The lowest BCUT2D eigenvalue weighted by Gasteiger charge is -2.31. The predicted molar refractivity (Wildman–Crippen MR) is 96.8 cm³/mol. The lowest BCUT2D eigenvalue weighted by atomic mass is 10.1. The number of anilines is 1. The zero-order valence-electron chi connectivity index (χ0n) is 14.3. The summed E-state index contributed by atoms with van der Waals surface area (Å²) in [5, 5.41) is 2.84. The van der Waals surface area contributed by atoms with Gasteiger partial charge in [0.2, 0.25) is 0 Å². The van der Waals surface area contributed by atoms with Gasteiger partial charge in [0, 0.05) is 37.0 Å². The summed E-state index contributed by atoms with van der Waals surface area (Å²) in [5.41, 5.74) is 1.90. The van der Waals surface area contributed by atoms with Crippen molar-refractivity contribution in [2.45, 2.75) is 18.9 Å². The molecule has 2 amide bonds. The summed E-state index contributed by atoms with van der Waals surface area (Å²) in [7, 11) is 1.71. The second kappa shape index (κ2) is 7.94. The summed E-state index contributed by atoms with van der Waals surface area (Å²) < 4.78 is 5.34. The Morgan fingerprint density at radius 2 is 1.60 bits per heavy atom. The van der Waals surface area contributed by atoms with Gasteiger partial charge in [-0.3, -0.25) is 9.59 Å². The summed E-state index contributed by atoms with van der Waals surface area (Å²) in [6.45, 7) is 1.42. The second-order valence-electron chi connectivity index (χ2n) is 6.12. The number of amides is 2. The van der Waals surface area contributed by atoms with Crippen molar-refractivity contribution in [2.24, 2.45) is 0 Å². The van der Waals surface area contributed by atoms with Gasteiger partial charge in [0.15, 0.2) is 0 Å². The molecule has 2 aromatic carbocycles. The molecule has 0 aliphatic carbocycles. The zero-order chi connectivity index (χ0) is 17.6. The van der Waals surface area contributed by atoms with Crippen molar-refractivity contribution in [3.8, 4) is 0 Å². The average molecular weight is 338 g/mol. The van der Waals surface area contributed by atoms with Crippen LogP contribution in [-0.4, -0.2) is 43.0 Å². The summed E-state index contributed by atoms with van der Waals surface area (Å²) in [5.74, 6) is -0.142. The minimum atomic E-state index is -0.165.